The van der Waals surface area contributed by atoms with Crippen LogP contribution in [-0.4, -0.2) is 19.1 Å². The number of carbonyl (C=O) groups excluding carboxylic acids is 1. The molecule has 1 amide bonds. The maximum Gasteiger partial charge on any atom is 0.387 e. The van der Waals surface area contributed by atoms with E-state index in [1.54, 1.807) is 18.2 Å². The monoisotopic (exact) mass is 394 g/mol. The van der Waals surface area contributed by atoms with Gasteiger partial charge in [-0.3, -0.25) is 4.79 Å². The van der Waals surface area contributed by atoms with Gasteiger partial charge in [0, 0.05) is 5.69 Å². The van der Waals surface area contributed by atoms with Crippen LogP contribution in [0.15, 0.2) is 36.4 Å². The van der Waals surface area contributed by atoms with Crippen molar-refractivity contribution in [2.45, 2.75) is 6.61 Å². The molecule has 0 radical (unpaired) electrons. The minimum absolute atomic E-state index is 0.00130. The van der Waals surface area contributed by atoms with E-state index in [4.69, 9.17) is 34.8 Å². The van der Waals surface area contributed by atoms with Crippen LogP contribution >= 0.6 is 34.8 Å². The molecule has 0 saturated heterocycles. The maximum absolute atomic E-state index is 12.2. The Hall–Kier alpha value is -1.76. The van der Waals surface area contributed by atoms with Gasteiger partial charge in [0.05, 0.1) is 27.3 Å². The molecule has 0 saturated carbocycles. The normalized spacial score (nSPS) is 10.6. The van der Waals surface area contributed by atoms with Gasteiger partial charge in [-0.1, -0.05) is 40.9 Å². The van der Waals surface area contributed by atoms with E-state index in [0.29, 0.717) is 16.4 Å². The van der Waals surface area contributed by atoms with Crippen molar-refractivity contribution in [2.75, 3.05) is 17.2 Å². The fraction of sp³-hybridized carbons (Fsp3) is 0.133. The molecule has 0 unspecified atom stereocenters. The standard InChI is InChI=1S/C15H11Cl3F2N2O2/c16-9-2-1-3-11(14(9)18)22-13(23)7-21-8-4-5-12(10(17)6-8)24-15(19)20/h1-6,15,21H,7H2,(H,22,23). The molecule has 4 nitrogen and oxygen atoms in total. The first-order valence-corrected chi connectivity index (χ1v) is 7.72. The van der Waals surface area contributed by atoms with Gasteiger partial charge in [0.2, 0.25) is 5.91 Å². The van der Waals surface area contributed by atoms with Crippen LogP contribution in [0.4, 0.5) is 20.2 Å². The molecule has 0 heterocycles. The highest BCUT2D eigenvalue weighted by molar-refractivity contribution is 6.44. The second kappa shape index (κ2) is 8.37. The Morgan fingerprint density at radius 1 is 1.12 bits per heavy atom. The molecule has 9 heteroatoms. The van der Waals surface area contributed by atoms with Crippen molar-refractivity contribution < 1.29 is 18.3 Å². The third kappa shape index (κ3) is 5.12. The molecule has 128 valence electrons. The number of anilines is 2. The molecule has 0 aliphatic carbocycles. The number of alkyl halides is 2. The second-order valence-corrected chi connectivity index (χ2v) is 5.72. The first-order chi connectivity index (χ1) is 11.4. The van der Waals surface area contributed by atoms with E-state index >= 15 is 0 Å². The Bertz CT molecular complexity index is 745. The van der Waals surface area contributed by atoms with Crippen LogP contribution in [0.3, 0.4) is 0 Å². The van der Waals surface area contributed by atoms with E-state index < -0.39 is 6.61 Å². The zero-order chi connectivity index (χ0) is 17.7. The van der Waals surface area contributed by atoms with Crippen molar-refractivity contribution in [3.05, 3.63) is 51.5 Å². The van der Waals surface area contributed by atoms with Gasteiger partial charge in [0.1, 0.15) is 5.75 Å². The Kier molecular flexibility index (Phi) is 6.48. The molecule has 0 spiro atoms. The summed E-state index contributed by atoms with van der Waals surface area (Å²) in [7, 11) is 0. The number of nitrogens with one attached hydrogen (secondary N) is 2. The van der Waals surface area contributed by atoms with E-state index in [-0.39, 0.29) is 28.2 Å². The minimum Gasteiger partial charge on any atom is -0.433 e. The average molecular weight is 396 g/mol. The summed E-state index contributed by atoms with van der Waals surface area (Å²) < 4.78 is 28.5. The summed E-state index contributed by atoms with van der Waals surface area (Å²) in [5.74, 6) is -0.518. The summed E-state index contributed by atoms with van der Waals surface area (Å²) in [5.41, 5.74) is 0.851. The van der Waals surface area contributed by atoms with Crippen LogP contribution in [0.1, 0.15) is 0 Å². The van der Waals surface area contributed by atoms with Gasteiger partial charge < -0.3 is 15.4 Å². The van der Waals surface area contributed by atoms with Gasteiger partial charge in [-0.05, 0) is 30.3 Å². The van der Waals surface area contributed by atoms with Gasteiger partial charge in [0.25, 0.3) is 0 Å². The molecule has 2 aromatic rings. The molecule has 2 aromatic carbocycles. The second-order valence-electron chi connectivity index (χ2n) is 4.53. The molecule has 0 fully saturated rings. The van der Waals surface area contributed by atoms with E-state index in [9.17, 15) is 13.6 Å². The summed E-state index contributed by atoms with van der Waals surface area (Å²) in [5, 5.41) is 5.96. The lowest BCUT2D eigenvalue weighted by Crippen LogP contribution is -2.21. The largest absolute Gasteiger partial charge is 0.433 e. The topological polar surface area (TPSA) is 50.4 Å². The van der Waals surface area contributed by atoms with Crippen molar-refractivity contribution >= 4 is 52.1 Å². The van der Waals surface area contributed by atoms with Gasteiger partial charge >= 0.3 is 6.61 Å². The number of hydrogen-bond donors (Lipinski definition) is 2. The van der Waals surface area contributed by atoms with E-state index in [0.717, 1.165) is 0 Å². The fourth-order valence-corrected chi connectivity index (χ4v) is 2.35. The molecule has 0 aliphatic rings. The van der Waals surface area contributed by atoms with E-state index in [2.05, 4.69) is 15.4 Å². The molecule has 0 aromatic heterocycles. The van der Waals surface area contributed by atoms with Crippen molar-refractivity contribution in [1.29, 1.82) is 0 Å². The molecule has 0 aliphatic heterocycles. The number of halogens is 5. The van der Waals surface area contributed by atoms with Crippen LogP contribution in [0.5, 0.6) is 5.75 Å². The lowest BCUT2D eigenvalue weighted by atomic mass is 10.3. The smallest absolute Gasteiger partial charge is 0.387 e. The van der Waals surface area contributed by atoms with Gasteiger partial charge in [-0.2, -0.15) is 8.78 Å². The van der Waals surface area contributed by atoms with Crippen LogP contribution < -0.4 is 15.4 Å². The summed E-state index contributed by atoms with van der Waals surface area (Å²) in [6, 6.07) is 8.98. The van der Waals surface area contributed by atoms with Gasteiger partial charge in [0.15, 0.2) is 0 Å². The van der Waals surface area contributed by atoms with E-state index in [1.807, 2.05) is 0 Å². The molecule has 24 heavy (non-hydrogen) atoms. The Morgan fingerprint density at radius 2 is 1.88 bits per heavy atom. The van der Waals surface area contributed by atoms with E-state index in [1.165, 1.54) is 18.2 Å². The summed E-state index contributed by atoms with van der Waals surface area (Å²) in [6.45, 7) is -3.05. The number of amides is 1. The molecule has 0 bridgehead atoms. The van der Waals surface area contributed by atoms with Crippen molar-refractivity contribution in [3.63, 3.8) is 0 Å². The SMILES string of the molecule is O=C(CNc1ccc(OC(F)F)c(Cl)c1)Nc1cccc(Cl)c1Cl. The maximum atomic E-state index is 12.2. The van der Waals surface area contributed by atoms with Crippen LogP contribution in [0.25, 0.3) is 0 Å². The Labute approximate surface area is 151 Å². The minimum atomic E-state index is -2.96. The fourth-order valence-electron chi connectivity index (χ4n) is 1.78. The molecule has 0 atom stereocenters. The van der Waals surface area contributed by atoms with Crippen LogP contribution in [-0.2, 0) is 4.79 Å². The molecule has 2 rings (SSSR count). The average Bonchev–Trinajstić information content (AvgIpc) is 2.52. The number of carbonyl (C=O) groups is 1. The zero-order valence-corrected chi connectivity index (χ0v) is 14.2. The van der Waals surface area contributed by atoms with Gasteiger partial charge in [-0.25, -0.2) is 0 Å². The van der Waals surface area contributed by atoms with Crippen molar-refractivity contribution in [3.8, 4) is 5.75 Å². The molecular weight excluding hydrogens is 385 g/mol. The Morgan fingerprint density at radius 3 is 2.54 bits per heavy atom. The van der Waals surface area contributed by atoms with Crippen molar-refractivity contribution in [2.24, 2.45) is 0 Å². The molecule has 2 N–H and O–H groups in total. The summed E-state index contributed by atoms with van der Waals surface area (Å²) >= 11 is 17.7. The molecular formula is C15H11Cl3F2N2O2. The van der Waals surface area contributed by atoms with Crippen LogP contribution in [0.2, 0.25) is 15.1 Å². The van der Waals surface area contributed by atoms with Crippen LogP contribution in [0, 0.1) is 0 Å². The zero-order valence-electron chi connectivity index (χ0n) is 12.0. The highest BCUT2D eigenvalue weighted by Crippen LogP contribution is 2.30. The highest BCUT2D eigenvalue weighted by atomic mass is 35.5. The first kappa shape index (κ1) is 18.6. The predicted molar refractivity (Wildman–Crippen MR) is 91.7 cm³/mol. The third-order valence-electron chi connectivity index (χ3n) is 2.83. The summed E-state index contributed by atoms with van der Waals surface area (Å²) in [4.78, 5) is 11.9. The lowest BCUT2D eigenvalue weighted by molar-refractivity contribution is -0.114. The summed E-state index contributed by atoms with van der Waals surface area (Å²) in [6.07, 6.45) is 0. The Balaban J connectivity index is 1.94. The number of ether oxygens (including phenoxy) is 1. The quantitative estimate of drug-likeness (QED) is 0.698. The highest BCUT2D eigenvalue weighted by Gasteiger charge is 2.11. The van der Waals surface area contributed by atoms with Gasteiger partial charge in [-0.15, -0.1) is 0 Å². The number of benzene rings is 2. The number of rotatable bonds is 6. The van der Waals surface area contributed by atoms with Crippen molar-refractivity contribution in [1.82, 2.24) is 0 Å². The lowest BCUT2D eigenvalue weighted by Gasteiger charge is -2.11. The predicted octanol–water partition coefficient (Wildman–Crippen LogP) is 5.30. The third-order valence-corrected chi connectivity index (χ3v) is 3.94. The first-order valence-electron chi connectivity index (χ1n) is 6.59. The number of hydrogen-bond acceptors (Lipinski definition) is 3.